The molecular weight excluding hydrogens is 618 g/mol. The van der Waals surface area contributed by atoms with Crippen LogP contribution in [0, 0.1) is 0 Å². The summed E-state index contributed by atoms with van der Waals surface area (Å²) in [5.41, 5.74) is 3.32. The highest BCUT2D eigenvalue weighted by atomic mass is 79.9. The molecule has 8 nitrogen and oxygen atoms in total. The van der Waals surface area contributed by atoms with Gasteiger partial charge in [0, 0.05) is 29.5 Å². The average molecular weight is 643 g/mol. The van der Waals surface area contributed by atoms with E-state index in [-0.39, 0.29) is 11.4 Å². The predicted molar refractivity (Wildman–Crippen MR) is 161 cm³/mol. The zero-order chi connectivity index (χ0) is 28.1. The van der Waals surface area contributed by atoms with Gasteiger partial charge in [-0.3, -0.25) is 19.3 Å². The average Bonchev–Trinajstić information content (AvgIpc) is 3.21. The van der Waals surface area contributed by atoms with Crippen LogP contribution in [0.5, 0.6) is 5.75 Å². The van der Waals surface area contributed by atoms with Gasteiger partial charge in [-0.1, -0.05) is 29.8 Å². The zero-order valence-electron chi connectivity index (χ0n) is 21.3. The Hall–Kier alpha value is -3.31. The van der Waals surface area contributed by atoms with Gasteiger partial charge in [0.25, 0.3) is 11.1 Å². The van der Waals surface area contributed by atoms with Crippen LogP contribution in [-0.2, 0) is 20.9 Å². The van der Waals surface area contributed by atoms with Crippen molar-refractivity contribution < 1.29 is 23.9 Å². The normalized spacial score (nSPS) is 16.5. The summed E-state index contributed by atoms with van der Waals surface area (Å²) in [6.45, 7) is 3.01. The number of anilines is 2. The van der Waals surface area contributed by atoms with Gasteiger partial charge in [-0.25, -0.2) is 0 Å². The van der Waals surface area contributed by atoms with Gasteiger partial charge in [0.1, 0.15) is 18.9 Å². The van der Waals surface area contributed by atoms with E-state index in [9.17, 15) is 14.4 Å². The van der Waals surface area contributed by atoms with E-state index in [0.717, 1.165) is 41.0 Å². The van der Waals surface area contributed by atoms with E-state index < -0.39 is 17.1 Å². The number of thioether (sulfide) groups is 1. The van der Waals surface area contributed by atoms with E-state index in [2.05, 4.69) is 26.1 Å². The molecule has 3 aromatic rings. The smallest absolute Gasteiger partial charge is 0.294 e. The fraction of sp³-hybridized carbons (Fsp3) is 0.207. The molecule has 0 radical (unpaired) electrons. The summed E-state index contributed by atoms with van der Waals surface area (Å²) in [7, 11) is 0. The van der Waals surface area contributed by atoms with Crippen molar-refractivity contribution in [3.63, 3.8) is 0 Å². The summed E-state index contributed by atoms with van der Waals surface area (Å²) in [6.07, 6.45) is 1.63. The first-order chi connectivity index (χ1) is 19.4. The molecule has 0 aromatic heterocycles. The third kappa shape index (κ3) is 7.06. The predicted octanol–water partition coefficient (Wildman–Crippen LogP) is 6.19. The highest BCUT2D eigenvalue weighted by Gasteiger charge is 2.36. The Morgan fingerprint density at radius 1 is 1.05 bits per heavy atom. The molecule has 0 aliphatic carbocycles. The van der Waals surface area contributed by atoms with Gasteiger partial charge in [-0.05, 0) is 93.4 Å². The van der Waals surface area contributed by atoms with Crippen LogP contribution in [0.3, 0.4) is 0 Å². The summed E-state index contributed by atoms with van der Waals surface area (Å²) < 4.78 is 12.0. The van der Waals surface area contributed by atoms with Crippen LogP contribution >= 0.6 is 39.3 Å². The van der Waals surface area contributed by atoms with Crippen LogP contribution in [0.15, 0.2) is 76.1 Å². The van der Waals surface area contributed by atoms with Gasteiger partial charge in [-0.2, -0.15) is 0 Å². The number of nitrogens with zero attached hydrogens (tertiary/aromatic N) is 2. The lowest BCUT2D eigenvalue weighted by molar-refractivity contribution is -0.127. The maximum absolute atomic E-state index is 12.9. The molecule has 40 heavy (non-hydrogen) atoms. The number of hydrogen-bond acceptors (Lipinski definition) is 7. The lowest BCUT2D eigenvalue weighted by Crippen LogP contribution is -2.36. The SMILES string of the molecule is O=C(CN1C(=O)S/C(=C/c2ccc(OCc3ccc(Cl)cc3)c(Br)c2)C1=O)Nc1ccc(N2CCOCC2)cc1. The minimum absolute atomic E-state index is 0.245. The maximum atomic E-state index is 12.9. The lowest BCUT2D eigenvalue weighted by Gasteiger charge is -2.28. The van der Waals surface area contributed by atoms with Crippen molar-refractivity contribution in [2.24, 2.45) is 0 Å². The number of morpholine rings is 1. The number of ether oxygens (including phenoxy) is 2. The highest BCUT2D eigenvalue weighted by Crippen LogP contribution is 2.34. The molecule has 0 saturated carbocycles. The van der Waals surface area contributed by atoms with Crippen molar-refractivity contribution in [2.45, 2.75) is 6.61 Å². The summed E-state index contributed by atoms with van der Waals surface area (Å²) in [6, 6.07) is 20.2. The van der Waals surface area contributed by atoms with Gasteiger partial charge in [0.2, 0.25) is 5.91 Å². The minimum Gasteiger partial charge on any atom is -0.488 e. The number of carbonyl (C=O) groups is 3. The second-order valence-corrected chi connectivity index (χ2v) is 11.4. The van der Waals surface area contributed by atoms with Crippen molar-refractivity contribution in [3.8, 4) is 5.75 Å². The molecule has 206 valence electrons. The number of benzene rings is 3. The molecular formula is C29H25BrClN3O5S. The Bertz CT molecular complexity index is 1440. The number of halogens is 2. The molecule has 3 amide bonds. The Balaban J connectivity index is 1.17. The van der Waals surface area contributed by atoms with E-state index in [1.165, 1.54) is 0 Å². The second kappa shape index (κ2) is 12.9. The third-order valence-electron chi connectivity index (χ3n) is 6.26. The molecule has 0 bridgehead atoms. The lowest BCUT2D eigenvalue weighted by atomic mass is 10.2. The number of imide groups is 1. The van der Waals surface area contributed by atoms with Crippen molar-refractivity contribution in [1.29, 1.82) is 0 Å². The molecule has 3 aromatic carbocycles. The quantitative estimate of drug-likeness (QED) is 0.293. The van der Waals surface area contributed by atoms with E-state index in [4.69, 9.17) is 21.1 Å². The molecule has 5 rings (SSSR count). The van der Waals surface area contributed by atoms with E-state index >= 15 is 0 Å². The first-order valence-electron chi connectivity index (χ1n) is 12.5. The Morgan fingerprint density at radius 3 is 2.48 bits per heavy atom. The van der Waals surface area contributed by atoms with Crippen molar-refractivity contribution in [2.75, 3.05) is 43.1 Å². The van der Waals surface area contributed by atoms with Crippen LogP contribution < -0.4 is 15.0 Å². The highest BCUT2D eigenvalue weighted by molar-refractivity contribution is 9.10. The van der Waals surface area contributed by atoms with E-state index in [0.29, 0.717) is 46.3 Å². The zero-order valence-corrected chi connectivity index (χ0v) is 24.4. The van der Waals surface area contributed by atoms with Crippen LogP contribution in [0.4, 0.5) is 16.2 Å². The standard InChI is InChI=1S/C29H25BrClN3O5S/c30-24-15-20(3-10-25(24)39-18-19-1-4-21(31)5-2-19)16-26-28(36)34(29(37)40-26)17-27(35)32-22-6-8-23(9-7-22)33-11-13-38-14-12-33/h1-10,15-16H,11-14,17-18H2,(H,32,35)/b26-16+. The molecule has 2 heterocycles. The Labute approximate surface area is 249 Å². The Morgan fingerprint density at radius 2 is 1.77 bits per heavy atom. The van der Waals surface area contributed by atoms with E-state index in [1.807, 2.05) is 24.3 Å². The van der Waals surface area contributed by atoms with Crippen LogP contribution in [0.1, 0.15) is 11.1 Å². The number of hydrogen-bond donors (Lipinski definition) is 1. The molecule has 0 unspecified atom stereocenters. The molecule has 0 spiro atoms. The van der Waals surface area contributed by atoms with Gasteiger partial charge >= 0.3 is 0 Å². The molecule has 11 heteroatoms. The molecule has 2 aliphatic rings. The first-order valence-corrected chi connectivity index (χ1v) is 14.5. The molecule has 1 N–H and O–H groups in total. The third-order valence-corrected chi connectivity index (χ3v) is 8.04. The van der Waals surface area contributed by atoms with Gasteiger partial charge in [-0.15, -0.1) is 0 Å². The van der Waals surface area contributed by atoms with Crippen LogP contribution in [0.2, 0.25) is 5.02 Å². The monoisotopic (exact) mass is 641 g/mol. The van der Waals surface area contributed by atoms with E-state index in [1.54, 1.807) is 48.5 Å². The molecule has 0 atom stereocenters. The van der Waals surface area contributed by atoms with Crippen LogP contribution in [-0.4, -0.2) is 54.8 Å². The summed E-state index contributed by atoms with van der Waals surface area (Å²) in [5, 5.41) is 2.93. The number of nitrogens with one attached hydrogen (secondary N) is 1. The summed E-state index contributed by atoms with van der Waals surface area (Å²) in [4.78, 5) is 41.5. The van der Waals surface area contributed by atoms with Crippen molar-refractivity contribution in [1.82, 2.24) is 4.90 Å². The summed E-state index contributed by atoms with van der Waals surface area (Å²) >= 11 is 10.2. The largest absolute Gasteiger partial charge is 0.488 e. The molecule has 2 fully saturated rings. The topological polar surface area (TPSA) is 88.2 Å². The molecule has 2 saturated heterocycles. The number of carbonyl (C=O) groups excluding carboxylic acids is 3. The minimum atomic E-state index is -0.507. The second-order valence-electron chi connectivity index (χ2n) is 9.07. The molecule has 2 aliphatic heterocycles. The van der Waals surface area contributed by atoms with Gasteiger partial charge in [0.05, 0.1) is 22.6 Å². The van der Waals surface area contributed by atoms with Crippen LogP contribution in [0.25, 0.3) is 6.08 Å². The van der Waals surface area contributed by atoms with Crippen molar-refractivity contribution in [3.05, 3.63) is 92.3 Å². The number of rotatable bonds is 8. The Kier molecular flexibility index (Phi) is 9.11. The fourth-order valence-electron chi connectivity index (χ4n) is 4.17. The number of amides is 3. The maximum Gasteiger partial charge on any atom is 0.294 e. The van der Waals surface area contributed by atoms with Gasteiger partial charge < -0.3 is 19.7 Å². The van der Waals surface area contributed by atoms with Gasteiger partial charge in [0.15, 0.2) is 0 Å². The fourth-order valence-corrected chi connectivity index (χ4v) is 5.65. The van der Waals surface area contributed by atoms with Crippen molar-refractivity contribution >= 4 is 73.8 Å². The first kappa shape index (κ1) is 28.2. The summed E-state index contributed by atoms with van der Waals surface area (Å²) in [5.74, 6) is -0.325.